The van der Waals surface area contributed by atoms with Gasteiger partial charge in [0.25, 0.3) is 0 Å². The number of nitrogens with zero attached hydrogens (tertiary/aromatic N) is 1. The maximum Gasteiger partial charge on any atom is 0.354 e. The van der Waals surface area contributed by atoms with E-state index in [1.807, 2.05) is 12.1 Å². The van der Waals surface area contributed by atoms with Gasteiger partial charge in [-0.05, 0) is 54.7 Å². The van der Waals surface area contributed by atoms with Crippen LogP contribution in [0, 0.1) is 17.5 Å². The van der Waals surface area contributed by atoms with Crippen LogP contribution in [0.5, 0.6) is 5.75 Å². The van der Waals surface area contributed by atoms with Crippen LogP contribution < -0.4 is 4.74 Å². The molecule has 0 saturated carbocycles. The zero-order valence-corrected chi connectivity index (χ0v) is 16.4. The molecule has 4 nitrogen and oxygen atoms in total. The number of para-hydroxylation sites is 1. The van der Waals surface area contributed by atoms with Crippen molar-refractivity contribution in [2.75, 3.05) is 0 Å². The zero-order valence-electron chi connectivity index (χ0n) is 16.4. The Morgan fingerprint density at radius 2 is 1.68 bits per heavy atom. The van der Waals surface area contributed by atoms with Crippen molar-refractivity contribution in [3.05, 3.63) is 94.6 Å². The van der Waals surface area contributed by atoms with E-state index in [0.717, 1.165) is 42.0 Å². The van der Waals surface area contributed by atoms with Crippen LogP contribution in [-0.4, -0.2) is 16.1 Å². The highest BCUT2D eigenvalue weighted by molar-refractivity contribution is 5.94. The zero-order chi connectivity index (χ0) is 22.0. The molecule has 0 saturated heterocycles. The summed E-state index contributed by atoms with van der Waals surface area (Å²) in [5, 5.41) is 9.24. The molecule has 1 heterocycles. The molecule has 0 atom stereocenters. The number of carbonyl (C=O) groups is 1. The minimum Gasteiger partial charge on any atom is -0.488 e. The van der Waals surface area contributed by atoms with Gasteiger partial charge in [0, 0.05) is 17.2 Å². The maximum absolute atomic E-state index is 14.0. The number of rotatable bonds is 6. The van der Waals surface area contributed by atoms with Gasteiger partial charge in [-0.1, -0.05) is 24.3 Å². The summed E-state index contributed by atoms with van der Waals surface area (Å²) in [6.45, 7) is -0.268. The van der Waals surface area contributed by atoms with Gasteiger partial charge in [0.15, 0.2) is 11.6 Å². The smallest absolute Gasteiger partial charge is 0.354 e. The summed E-state index contributed by atoms with van der Waals surface area (Å²) in [4.78, 5) is 15.5. The van der Waals surface area contributed by atoms with Crippen molar-refractivity contribution < 1.29 is 27.8 Å². The Morgan fingerprint density at radius 3 is 2.48 bits per heavy atom. The molecule has 1 aliphatic carbocycles. The summed E-state index contributed by atoms with van der Waals surface area (Å²) in [6.07, 6.45) is 2.35. The fourth-order valence-corrected chi connectivity index (χ4v) is 3.72. The number of allylic oxidation sites excluding steroid dienone is 2. The van der Waals surface area contributed by atoms with E-state index in [4.69, 9.17) is 4.74 Å². The Balaban J connectivity index is 1.68. The molecule has 3 aromatic rings. The van der Waals surface area contributed by atoms with Crippen LogP contribution in [0.2, 0.25) is 0 Å². The fourth-order valence-electron chi connectivity index (χ4n) is 3.72. The summed E-state index contributed by atoms with van der Waals surface area (Å²) in [5.41, 5.74) is 3.14. The second-order valence-corrected chi connectivity index (χ2v) is 7.17. The van der Waals surface area contributed by atoms with E-state index in [-0.39, 0.29) is 17.9 Å². The molecule has 1 aliphatic rings. The van der Waals surface area contributed by atoms with Crippen LogP contribution in [0.4, 0.5) is 13.2 Å². The van der Waals surface area contributed by atoms with Gasteiger partial charge in [0.1, 0.15) is 23.9 Å². The first-order chi connectivity index (χ1) is 14.9. The number of pyridine rings is 1. The van der Waals surface area contributed by atoms with Gasteiger partial charge in [-0.25, -0.2) is 22.9 Å². The third kappa shape index (κ3) is 4.30. The lowest BCUT2D eigenvalue weighted by Gasteiger charge is -2.15. The standard InChI is InChI=1S/C24H18F3NO3/c25-18-12-20(27)19(26)11-14(18)13-31-23-10-2-1-5-17(23)15-6-3-7-16(15)21-8-4-9-22(28-21)24(29)30/h1-2,4-5,8-12H,3,6-7,13H2,(H,29,30). The van der Waals surface area contributed by atoms with E-state index in [0.29, 0.717) is 17.5 Å². The van der Waals surface area contributed by atoms with Crippen molar-refractivity contribution in [3.8, 4) is 5.75 Å². The van der Waals surface area contributed by atoms with Crippen molar-refractivity contribution in [1.29, 1.82) is 0 Å². The van der Waals surface area contributed by atoms with Crippen molar-refractivity contribution in [2.45, 2.75) is 25.9 Å². The van der Waals surface area contributed by atoms with Crippen LogP contribution in [0.15, 0.2) is 54.6 Å². The first kappa shape index (κ1) is 20.7. The van der Waals surface area contributed by atoms with E-state index in [1.165, 1.54) is 6.07 Å². The minimum absolute atomic E-state index is 0.0328. The normalized spacial score (nSPS) is 13.5. The molecule has 0 aliphatic heterocycles. The van der Waals surface area contributed by atoms with Gasteiger partial charge in [0.05, 0.1) is 5.69 Å². The predicted octanol–water partition coefficient (Wildman–Crippen LogP) is 5.87. The number of benzene rings is 2. The lowest BCUT2D eigenvalue weighted by atomic mass is 9.99. The summed E-state index contributed by atoms with van der Waals surface area (Å²) in [6, 6.07) is 13.3. The molecule has 158 valence electrons. The van der Waals surface area contributed by atoms with Gasteiger partial charge in [0.2, 0.25) is 0 Å². The number of hydrogen-bond donors (Lipinski definition) is 1. The predicted molar refractivity (Wildman–Crippen MR) is 109 cm³/mol. The Hall–Kier alpha value is -3.61. The van der Waals surface area contributed by atoms with Crippen molar-refractivity contribution in [3.63, 3.8) is 0 Å². The van der Waals surface area contributed by atoms with Gasteiger partial charge >= 0.3 is 5.97 Å². The molecule has 0 radical (unpaired) electrons. The monoisotopic (exact) mass is 425 g/mol. The van der Waals surface area contributed by atoms with Crippen molar-refractivity contribution >= 4 is 17.1 Å². The highest BCUT2D eigenvalue weighted by atomic mass is 19.2. The summed E-state index contributed by atoms with van der Waals surface area (Å²) in [7, 11) is 0. The van der Waals surface area contributed by atoms with Gasteiger partial charge in [-0.3, -0.25) is 0 Å². The Morgan fingerprint density at radius 1 is 0.935 bits per heavy atom. The number of ether oxygens (including phenoxy) is 1. The Bertz CT molecular complexity index is 1190. The molecule has 2 aromatic carbocycles. The minimum atomic E-state index is -1.25. The van der Waals surface area contributed by atoms with E-state index < -0.39 is 23.4 Å². The van der Waals surface area contributed by atoms with E-state index in [9.17, 15) is 23.1 Å². The molecule has 0 amide bonds. The van der Waals surface area contributed by atoms with Gasteiger partial charge in [-0.2, -0.15) is 0 Å². The molecule has 0 bridgehead atoms. The molecular weight excluding hydrogens is 407 g/mol. The van der Waals surface area contributed by atoms with Gasteiger partial charge in [-0.15, -0.1) is 0 Å². The van der Waals surface area contributed by atoms with Crippen LogP contribution >= 0.6 is 0 Å². The summed E-state index contributed by atoms with van der Waals surface area (Å²) in [5.74, 6) is -3.90. The highest BCUT2D eigenvalue weighted by Crippen LogP contribution is 2.42. The third-order valence-corrected chi connectivity index (χ3v) is 5.18. The lowest BCUT2D eigenvalue weighted by Crippen LogP contribution is -2.03. The Labute approximate surface area is 176 Å². The number of carboxylic acid groups (broad SMARTS) is 1. The number of carboxylic acids is 1. The molecule has 0 unspecified atom stereocenters. The quantitative estimate of drug-likeness (QED) is 0.502. The summed E-state index contributed by atoms with van der Waals surface area (Å²) < 4.78 is 46.4. The molecule has 0 spiro atoms. The highest BCUT2D eigenvalue weighted by Gasteiger charge is 2.22. The van der Waals surface area contributed by atoms with E-state index in [2.05, 4.69) is 4.98 Å². The number of aromatic carboxylic acids is 1. The number of hydrogen-bond acceptors (Lipinski definition) is 3. The molecule has 0 fully saturated rings. The van der Waals surface area contributed by atoms with E-state index in [1.54, 1.807) is 24.3 Å². The largest absolute Gasteiger partial charge is 0.488 e. The summed E-state index contributed by atoms with van der Waals surface area (Å²) >= 11 is 0. The van der Waals surface area contributed by atoms with E-state index >= 15 is 0 Å². The van der Waals surface area contributed by atoms with Crippen LogP contribution in [0.1, 0.15) is 46.6 Å². The maximum atomic E-state index is 14.0. The average molecular weight is 425 g/mol. The number of aromatic nitrogens is 1. The van der Waals surface area contributed by atoms with Crippen LogP contribution in [0.25, 0.3) is 11.1 Å². The number of halogens is 3. The second kappa shape index (κ2) is 8.63. The third-order valence-electron chi connectivity index (χ3n) is 5.18. The van der Waals surface area contributed by atoms with Crippen molar-refractivity contribution in [2.24, 2.45) is 0 Å². The second-order valence-electron chi connectivity index (χ2n) is 7.17. The van der Waals surface area contributed by atoms with Crippen LogP contribution in [0.3, 0.4) is 0 Å². The average Bonchev–Trinajstić information content (AvgIpc) is 3.25. The fraction of sp³-hybridized carbons (Fsp3) is 0.167. The topological polar surface area (TPSA) is 59.4 Å². The van der Waals surface area contributed by atoms with Crippen LogP contribution in [-0.2, 0) is 6.61 Å². The first-order valence-corrected chi connectivity index (χ1v) is 9.72. The molecular formula is C24H18F3NO3. The van der Waals surface area contributed by atoms with Crippen molar-refractivity contribution in [1.82, 2.24) is 4.98 Å². The molecule has 4 rings (SSSR count). The molecule has 1 aromatic heterocycles. The Kier molecular flexibility index (Phi) is 5.75. The lowest BCUT2D eigenvalue weighted by molar-refractivity contribution is 0.0690. The van der Waals surface area contributed by atoms with Gasteiger partial charge < -0.3 is 9.84 Å². The molecule has 31 heavy (non-hydrogen) atoms. The SMILES string of the molecule is O=C(O)c1cccc(C2=C(c3ccccc3OCc3cc(F)c(F)cc3F)CCC2)n1. The molecule has 1 N–H and O–H groups in total. The molecule has 7 heteroatoms. The first-order valence-electron chi connectivity index (χ1n) is 9.72.